The highest BCUT2D eigenvalue weighted by Crippen LogP contribution is 1.82. The Kier molecular flexibility index (Phi) is 3.16. The van der Waals surface area contributed by atoms with Crippen LogP contribution >= 0.6 is 12.2 Å². The van der Waals surface area contributed by atoms with Gasteiger partial charge in [0.15, 0.2) is 0 Å². The van der Waals surface area contributed by atoms with Crippen LogP contribution in [0, 0.1) is 0 Å². The molecule has 7 heteroatoms. The van der Waals surface area contributed by atoms with Gasteiger partial charge in [-0.15, -0.1) is 0 Å². The van der Waals surface area contributed by atoms with Gasteiger partial charge in [-0.3, -0.25) is 0 Å². The van der Waals surface area contributed by atoms with Crippen molar-refractivity contribution in [3.8, 4) is 0 Å². The highest BCUT2D eigenvalue weighted by Gasteiger charge is 2.09. The van der Waals surface area contributed by atoms with E-state index >= 15 is 0 Å². The van der Waals surface area contributed by atoms with Gasteiger partial charge in [0.2, 0.25) is 0 Å². The molecule has 0 aliphatic heterocycles. The van der Waals surface area contributed by atoms with Crippen molar-refractivity contribution in [2.24, 2.45) is 10.9 Å². The molecule has 0 spiro atoms. The van der Waals surface area contributed by atoms with Crippen LogP contribution in [0.25, 0.3) is 0 Å². The zero-order valence-corrected chi connectivity index (χ0v) is 7.00. The maximum Gasteiger partial charge on any atom is 0.275 e. The van der Waals surface area contributed by atoms with Crippen LogP contribution in [0.4, 0.5) is 0 Å². The number of nitrogens with one attached hydrogen (secondary N) is 1. The molecule has 5 N–H and O–H groups in total. The molecule has 5 nitrogen and oxygen atoms in total. The summed E-state index contributed by atoms with van der Waals surface area (Å²) < 4.78 is 22.6. The third kappa shape index (κ3) is 4.62. The van der Waals surface area contributed by atoms with E-state index in [0.29, 0.717) is 0 Å². The van der Waals surface area contributed by atoms with Crippen LogP contribution in [0.15, 0.2) is 0 Å². The average Bonchev–Trinajstić information content (AvgIpc) is 1.60. The summed E-state index contributed by atoms with van der Waals surface area (Å²) in [5, 5.41) is 4.62. The molecule has 0 aliphatic rings. The summed E-state index contributed by atoms with van der Waals surface area (Å²) in [5.41, 5.74) is 5.09. The minimum atomic E-state index is -3.69. The van der Waals surface area contributed by atoms with Crippen molar-refractivity contribution >= 4 is 27.4 Å². The fraction of sp³-hybridized carbons (Fsp3) is 0.667. The third-order valence-electron chi connectivity index (χ3n) is 0.768. The van der Waals surface area contributed by atoms with Crippen LogP contribution in [0.1, 0.15) is 6.92 Å². The molecule has 0 aromatic rings. The first-order valence-corrected chi connectivity index (χ1v) is 4.38. The zero-order valence-electron chi connectivity index (χ0n) is 5.37. The molecule has 1 atom stereocenters. The zero-order chi connectivity index (χ0) is 8.36. The first-order chi connectivity index (χ1) is 4.33. The number of hydrogen-bond donors (Lipinski definition) is 3. The van der Waals surface area contributed by atoms with Gasteiger partial charge < -0.3 is 5.73 Å². The average molecular weight is 183 g/mol. The molecule has 0 saturated carbocycles. The van der Waals surface area contributed by atoms with Crippen molar-refractivity contribution < 1.29 is 8.42 Å². The van der Waals surface area contributed by atoms with Crippen molar-refractivity contribution in [1.29, 1.82) is 0 Å². The van der Waals surface area contributed by atoms with E-state index < -0.39 is 16.3 Å². The van der Waals surface area contributed by atoms with Crippen LogP contribution in [0.5, 0.6) is 0 Å². The molecular formula is C3H9N3O2S2. The summed E-state index contributed by atoms with van der Waals surface area (Å²) in [7, 11) is -3.69. The van der Waals surface area contributed by atoms with E-state index in [9.17, 15) is 8.42 Å². The summed E-state index contributed by atoms with van der Waals surface area (Å²) >= 11 is 4.48. The Morgan fingerprint density at radius 3 is 2.20 bits per heavy atom. The second kappa shape index (κ2) is 3.24. The van der Waals surface area contributed by atoms with Gasteiger partial charge >= 0.3 is 0 Å². The summed E-state index contributed by atoms with van der Waals surface area (Å²) in [6, 6.07) is -0.593. The maximum absolute atomic E-state index is 10.3. The van der Waals surface area contributed by atoms with Crippen molar-refractivity contribution in [1.82, 2.24) is 4.72 Å². The number of hydrogen-bond acceptors (Lipinski definition) is 3. The fourth-order valence-electron chi connectivity index (χ4n) is 0.304. The third-order valence-corrected chi connectivity index (χ3v) is 1.80. The lowest BCUT2D eigenvalue weighted by Gasteiger charge is -2.08. The Morgan fingerprint density at radius 1 is 1.70 bits per heavy atom. The van der Waals surface area contributed by atoms with Crippen LogP contribution in [-0.2, 0) is 10.2 Å². The number of thiocarbonyl (C=S) groups is 1. The minimum Gasteiger partial charge on any atom is -0.392 e. The van der Waals surface area contributed by atoms with Crippen molar-refractivity contribution in [3.63, 3.8) is 0 Å². The monoisotopic (exact) mass is 183 g/mol. The summed E-state index contributed by atoms with van der Waals surface area (Å²) in [5.74, 6) is 0. The van der Waals surface area contributed by atoms with Gasteiger partial charge in [0, 0.05) is 0 Å². The van der Waals surface area contributed by atoms with E-state index in [1.807, 2.05) is 4.72 Å². The van der Waals surface area contributed by atoms with E-state index in [4.69, 9.17) is 5.73 Å². The topological polar surface area (TPSA) is 98.2 Å². The molecule has 0 fully saturated rings. The van der Waals surface area contributed by atoms with Gasteiger partial charge in [-0.05, 0) is 6.92 Å². The Balaban J connectivity index is 4.06. The van der Waals surface area contributed by atoms with Crippen LogP contribution < -0.4 is 15.6 Å². The summed E-state index contributed by atoms with van der Waals surface area (Å²) in [4.78, 5) is 0.0639. The Labute approximate surface area is 65.0 Å². The molecular weight excluding hydrogens is 174 g/mol. The second-order valence-electron chi connectivity index (χ2n) is 1.79. The van der Waals surface area contributed by atoms with Crippen LogP contribution in [-0.4, -0.2) is 19.4 Å². The molecule has 60 valence electrons. The predicted octanol–water partition coefficient (Wildman–Crippen LogP) is -1.55. The number of nitrogens with two attached hydrogens (primary N) is 2. The Morgan fingerprint density at radius 2 is 2.10 bits per heavy atom. The van der Waals surface area contributed by atoms with Gasteiger partial charge in [0.05, 0.1) is 11.0 Å². The lowest BCUT2D eigenvalue weighted by atomic mass is 10.4. The molecule has 0 saturated heterocycles. The fourth-order valence-corrected chi connectivity index (χ4v) is 1.06. The van der Waals surface area contributed by atoms with E-state index in [-0.39, 0.29) is 4.99 Å². The highest BCUT2D eigenvalue weighted by molar-refractivity contribution is 7.87. The molecule has 0 rings (SSSR count). The van der Waals surface area contributed by atoms with Gasteiger partial charge in [-0.2, -0.15) is 13.1 Å². The number of rotatable bonds is 3. The smallest absolute Gasteiger partial charge is 0.275 e. The Hall–Kier alpha value is -0.240. The standard InChI is InChI=1S/C3H9N3O2S2/c1-2(3(4)9)6-10(5,7)8/h2,6H,1H3,(H2,4,9)(H2,5,7,8). The first-order valence-electron chi connectivity index (χ1n) is 2.42. The molecule has 0 aromatic heterocycles. The molecule has 0 aliphatic carbocycles. The lowest BCUT2D eigenvalue weighted by molar-refractivity contribution is 0.580. The molecule has 0 heterocycles. The van der Waals surface area contributed by atoms with Gasteiger partial charge in [0.1, 0.15) is 0 Å². The molecule has 0 amide bonds. The SMILES string of the molecule is CC(NS(N)(=O)=O)C(N)=S. The quantitative estimate of drug-likeness (QED) is 0.461. The summed E-state index contributed by atoms with van der Waals surface area (Å²) in [6.45, 7) is 1.51. The van der Waals surface area contributed by atoms with E-state index in [1.54, 1.807) is 0 Å². The minimum absolute atomic E-state index is 0.0639. The van der Waals surface area contributed by atoms with Crippen molar-refractivity contribution in [2.45, 2.75) is 13.0 Å². The normalized spacial score (nSPS) is 14.6. The Bertz CT molecular complexity index is 222. The summed E-state index contributed by atoms with van der Waals surface area (Å²) in [6.07, 6.45) is 0. The van der Waals surface area contributed by atoms with E-state index in [2.05, 4.69) is 17.4 Å². The highest BCUT2D eigenvalue weighted by atomic mass is 32.2. The van der Waals surface area contributed by atoms with Crippen LogP contribution in [0.3, 0.4) is 0 Å². The second-order valence-corrected chi connectivity index (χ2v) is 3.58. The van der Waals surface area contributed by atoms with Gasteiger partial charge in [-0.25, -0.2) is 5.14 Å². The van der Waals surface area contributed by atoms with E-state index in [0.717, 1.165) is 0 Å². The first kappa shape index (κ1) is 9.76. The molecule has 0 radical (unpaired) electrons. The molecule has 1 unspecified atom stereocenters. The van der Waals surface area contributed by atoms with Crippen molar-refractivity contribution in [2.75, 3.05) is 0 Å². The van der Waals surface area contributed by atoms with Gasteiger partial charge in [0.25, 0.3) is 10.2 Å². The van der Waals surface area contributed by atoms with Crippen molar-refractivity contribution in [3.05, 3.63) is 0 Å². The maximum atomic E-state index is 10.3. The van der Waals surface area contributed by atoms with Gasteiger partial charge in [-0.1, -0.05) is 12.2 Å². The molecule has 10 heavy (non-hydrogen) atoms. The lowest BCUT2D eigenvalue weighted by Crippen LogP contribution is -2.44. The largest absolute Gasteiger partial charge is 0.392 e. The molecule has 0 aromatic carbocycles. The molecule has 0 bridgehead atoms. The van der Waals surface area contributed by atoms with Crippen LogP contribution in [0.2, 0.25) is 0 Å². The van der Waals surface area contributed by atoms with E-state index in [1.165, 1.54) is 6.92 Å². The predicted molar refractivity (Wildman–Crippen MR) is 42.5 cm³/mol.